The summed E-state index contributed by atoms with van der Waals surface area (Å²) in [7, 11) is 4.88. The predicted molar refractivity (Wildman–Crippen MR) is 208 cm³/mol. The van der Waals surface area contributed by atoms with E-state index in [1.165, 1.54) is 7.11 Å². The van der Waals surface area contributed by atoms with Crippen LogP contribution in [0.2, 0.25) is 0 Å². The molecule has 2 saturated heterocycles. The molecule has 2 unspecified atom stereocenters. The Balaban J connectivity index is 1.35. The second-order valence-electron chi connectivity index (χ2n) is 17.6. The van der Waals surface area contributed by atoms with Gasteiger partial charge >= 0.3 is 5.97 Å². The van der Waals surface area contributed by atoms with E-state index >= 15 is 4.79 Å². The van der Waals surface area contributed by atoms with E-state index in [4.69, 9.17) is 20.2 Å². The average Bonchev–Trinajstić information content (AvgIpc) is 3.84. The number of benzene rings is 1. The van der Waals surface area contributed by atoms with Crippen LogP contribution < -0.4 is 15.4 Å². The van der Waals surface area contributed by atoms with Crippen LogP contribution in [0, 0.1) is 17.3 Å². The number of aliphatic hydroxyl groups excluding tert-OH is 1. The minimum atomic E-state index is -2.30. The molecule has 12 heteroatoms. The zero-order valence-corrected chi connectivity index (χ0v) is 32.6. The number of allylic oxidation sites excluding steroid dienone is 4. The Morgan fingerprint density at radius 1 is 1.05 bits per heavy atom. The predicted octanol–water partition coefficient (Wildman–Crippen LogP) is 2.50. The number of nitrogens with zero attached hydrogens (tertiary/aromatic N) is 4. The molecule has 11 atom stereocenters. The van der Waals surface area contributed by atoms with E-state index in [1.807, 2.05) is 62.2 Å². The first-order chi connectivity index (χ1) is 26.3. The second-order valence-corrected chi connectivity index (χ2v) is 17.6. The number of piperidine rings is 1. The summed E-state index contributed by atoms with van der Waals surface area (Å²) < 4.78 is 12.2. The number of hydrogen-bond donors (Lipinski definition) is 4. The van der Waals surface area contributed by atoms with Crippen LogP contribution in [0.1, 0.15) is 63.5 Å². The molecule has 9 rings (SSSR count). The Morgan fingerprint density at radius 3 is 2.56 bits per heavy atom. The van der Waals surface area contributed by atoms with Gasteiger partial charge in [-0.15, -0.1) is 0 Å². The number of carbonyl (C=O) groups is 2. The summed E-state index contributed by atoms with van der Waals surface area (Å²) in [6.45, 7) is 7.38. The van der Waals surface area contributed by atoms with Crippen molar-refractivity contribution in [3.05, 3.63) is 71.0 Å². The molecule has 294 valence electrons. The van der Waals surface area contributed by atoms with Crippen LogP contribution >= 0.6 is 0 Å². The molecular weight excluding hydrogens is 699 g/mol. The van der Waals surface area contributed by atoms with Crippen molar-refractivity contribution in [3.63, 3.8) is 0 Å². The fourth-order valence-electron chi connectivity index (χ4n) is 13.1. The Bertz CT molecular complexity index is 2010. The van der Waals surface area contributed by atoms with Gasteiger partial charge in [-0.2, -0.15) is 0 Å². The number of anilines is 1. The number of aliphatic hydroxyl groups is 3. The molecule has 3 fully saturated rings. The van der Waals surface area contributed by atoms with Gasteiger partial charge in [0.15, 0.2) is 5.60 Å². The number of methoxy groups -OCH3 is 2. The zero-order chi connectivity index (χ0) is 38.9. The monoisotopic (exact) mass is 753 g/mol. The highest BCUT2D eigenvalue weighted by Gasteiger charge is 2.78. The van der Waals surface area contributed by atoms with E-state index in [0.717, 1.165) is 29.1 Å². The van der Waals surface area contributed by atoms with Crippen molar-refractivity contribution in [2.75, 3.05) is 58.9 Å². The SMILES string of the molecule is CC[C@]1(O)C[C@H]2CN(CCC3=C(N=C4C=CC=CC43)[C@@](C(=O)OC)(c3cc4c(cc3OC)N(C)[C@H]3[C@@](O)(C(N)=O)[C@H](O)[C@]5(CC)C=CCN6CC[C@]43[C@@H]65)C2)C1. The lowest BCUT2D eigenvalue weighted by molar-refractivity contribution is -0.201. The summed E-state index contributed by atoms with van der Waals surface area (Å²) in [4.78, 5) is 40.9. The van der Waals surface area contributed by atoms with E-state index < -0.39 is 51.5 Å². The topological polar surface area (TPSA) is 161 Å². The Kier molecular flexibility index (Phi) is 8.26. The fraction of sp³-hybridized carbons (Fsp3) is 0.605. The number of primary amides is 1. The molecule has 0 radical (unpaired) electrons. The van der Waals surface area contributed by atoms with Crippen LogP contribution in [0.3, 0.4) is 0 Å². The van der Waals surface area contributed by atoms with Gasteiger partial charge in [-0.05, 0) is 74.3 Å². The summed E-state index contributed by atoms with van der Waals surface area (Å²) >= 11 is 0. The zero-order valence-electron chi connectivity index (χ0n) is 32.6. The van der Waals surface area contributed by atoms with E-state index in [2.05, 4.69) is 21.9 Å². The highest BCUT2D eigenvalue weighted by atomic mass is 16.5. The Morgan fingerprint density at radius 2 is 1.85 bits per heavy atom. The highest BCUT2D eigenvalue weighted by Crippen LogP contribution is 2.67. The third kappa shape index (κ3) is 4.54. The Labute approximate surface area is 323 Å². The van der Waals surface area contributed by atoms with E-state index in [1.54, 1.807) is 7.11 Å². The van der Waals surface area contributed by atoms with Gasteiger partial charge in [0.25, 0.3) is 5.91 Å². The minimum Gasteiger partial charge on any atom is -0.496 e. The number of nitrogens with two attached hydrogens (primary N) is 1. The van der Waals surface area contributed by atoms with E-state index in [-0.39, 0.29) is 17.9 Å². The molecule has 1 saturated carbocycles. The van der Waals surface area contributed by atoms with Crippen LogP contribution in [-0.4, -0.2) is 126 Å². The van der Waals surface area contributed by atoms with Crippen LogP contribution in [0.25, 0.3) is 0 Å². The molecule has 8 aliphatic rings. The third-order valence-electron chi connectivity index (χ3n) is 15.3. The lowest BCUT2D eigenvalue weighted by Crippen LogP contribution is -2.81. The molecule has 5 N–H and O–H groups in total. The van der Waals surface area contributed by atoms with Crippen molar-refractivity contribution in [3.8, 4) is 5.75 Å². The van der Waals surface area contributed by atoms with Gasteiger partial charge in [0.2, 0.25) is 0 Å². The lowest BCUT2D eigenvalue weighted by atomic mass is 9.47. The molecule has 1 aromatic carbocycles. The number of hydrogen-bond acceptors (Lipinski definition) is 11. The maximum absolute atomic E-state index is 15.2. The quantitative estimate of drug-likeness (QED) is 0.251. The highest BCUT2D eigenvalue weighted by molar-refractivity contribution is 6.05. The van der Waals surface area contributed by atoms with Crippen molar-refractivity contribution < 1.29 is 34.4 Å². The summed E-state index contributed by atoms with van der Waals surface area (Å²) in [6, 6.07) is 2.85. The van der Waals surface area contributed by atoms with Crippen LogP contribution in [0.15, 0.2) is 64.9 Å². The maximum Gasteiger partial charge on any atom is 0.322 e. The molecule has 1 aromatic rings. The van der Waals surface area contributed by atoms with Gasteiger partial charge in [-0.25, -0.2) is 0 Å². The molecule has 1 spiro atoms. The number of aliphatic imine (C=N–C) groups is 1. The second kappa shape index (κ2) is 12.3. The van der Waals surface area contributed by atoms with Gasteiger partial charge in [-0.3, -0.25) is 24.4 Å². The van der Waals surface area contributed by atoms with Gasteiger partial charge in [-0.1, -0.05) is 44.2 Å². The fourth-order valence-corrected chi connectivity index (χ4v) is 13.1. The summed E-state index contributed by atoms with van der Waals surface area (Å²) in [6.07, 6.45) is 13.9. The van der Waals surface area contributed by atoms with Crippen LogP contribution in [0.5, 0.6) is 5.75 Å². The Hall–Kier alpha value is -3.81. The molecule has 0 aromatic heterocycles. The van der Waals surface area contributed by atoms with Gasteiger partial charge in [0.1, 0.15) is 17.3 Å². The molecule has 6 aliphatic heterocycles. The number of amides is 1. The van der Waals surface area contributed by atoms with Gasteiger partial charge < -0.3 is 35.4 Å². The number of fused-ring (bicyclic) bond motifs is 5. The van der Waals surface area contributed by atoms with E-state index in [9.17, 15) is 20.1 Å². The van der Waals surface area contributed by atoms with E-state index in [0.29, 0.717) is 81.7 Å². The summed E-state index contributed by atoms with van der Waals surface area (Å²) in [5.74, 6) is -1.14. The number of ether oxygens (including phenoxy) is 2. The molecule has 55 heavy (non-hydrogen) atoms. The molecular formula is C43H55N5O7. The van der Waals surface area contributed by atoms with Gasteiger partial charge in [0.05, 0.1) is 37.3 Å². The molecule has 2 aliphatic carbocycles. The third-order valence-corrected chi connectivity index (χ3v) is 15.3. The van der Waals surface area contributed by atoms with Crippen molar-refractivity contribution >= 4 is 23.3 Å². The number of carbonyl (C=O) groups excluding carboxylic acids is 2. The molecule has 2 bridgehead atoms. The van der Waals surface area contributed by atoms with Gasteiger partial charge in [0, 0.05) is 73.3 Å². The first-order valence-corrected chi connectivity index (χ1v) is 20.1. The first kappa shape index (κ1) is 36.8. The number of likely N-dealkylation sites (N-methyl/N-ethyl adjacent to an activating group) is 1. The number of rotatable bonds is 6. The lowest BCUT2D eigenvalue weighted by Gasteiger charge is -2.63. The minimum absolute atomic E-state index is 0.0897. The first-order valence-electron chi connectivity index (χ1n) is 20.1. The largest absolute Gasteiger partial charge is 0.496 e. The van der Waals surface area contributed by atoms with Crippen molar-refractivity contribution in [2.45, 2.75) is 92.6 Å². The average molecular weight is 754 g/mol. The maximum atomic E-state index is 15.2. The van der Waals surface area contributed by atoms with Crippen molar-refractivity contribution in [1.82, 2.24) is 9.80 Å². The summed E-state index contributed by atoms with van der Waals surface area (Å²) in [5.41, 5.74) is 4.54. The van der Waals surface area contributed by atoms with Crippen LogP contribution in [0.4, 0.5) is 5.69 Å². The van der Waals surface area contributed by atoms with Crippen molar-refractivity contribution in [1.29, 1.82) is 0 Å². The number of esters is 1. The van der Waals surface area contributed by atoms with Crippen molar-refractivity contribution in [2.24, 2.45) is 28.0 Å². The smallest absolute Gasteiger partial charge is 0.322 e. The standard InChI is InChI=1S/C43H55N5O7/c1-6-39(52)21-25-22-42(38(51)55-5,33-27(13-17-47(23-25)24-39)26-11-8-9-12-30(26)45-33)29-19-28-31(20-32(29)54-4)46(3)35-41(28)15-18-48-16-10-14-40(7-2,34(41)48)36(49)43(35,53)37(44)50/h8-12,14,19-20,25-26,34-36,49,52-53H,6-7,13,15-18,21-24H2,1-5H3,(H2,44,50)/t25-,26?,34+,35-,36-,39+,40-,41-,42+,43+/m1/s1. The molecule has 12 nitrogen and oxygen atoms in total. The summed E-state index contributed by atoms with van der Waals surface area (Å²) in [5, 5.41) is 36.9. The van der Waals surface area contributed by atoms with Crippen LogP contribution in [-0.2, 0) is 25.2 Å². The normalized spacial score (nSPS) is 42.3. The molecule has 6 heterocycles. The molecule has 1 amide bonds.